The van der Waals surface area contributed by atoms with Gasteiger partial charge in [0.1, 0.15) is 12.3 Å². The third-order valence-corrected chi connectivity index (χ3v) is 8.86. The first-order valence-electron chi connectivity index (χ1n) is 15.7. The van der Waals surface area contributed by atoms with E-state index in [-0.39, 0.29) is 29.9 Å². The Bertz CT molecular complexity index is 1860. The van der Waals surface area contributed by atoms with E-state index in [4.69, 9.17) is 27.1 Å². The van der Waals surface area contributed by atoms with E-state index in [0.717, 1.165) is 12.8 Å². The van der Waals surface area contributed by atoms with E-state index in [1.165, 1.54) is 17.3 Å². The number of alkyl halides is 2. The zero-order valence-corrected chi connectivity index (χ0v) is 27.9. The number of nitrogens with zero attached hydrogens (tertiary/aromatic N) is 7. The van der Waals surface area contributed by atoms with Gasteiger partial charge in [-0.15, -0.1) is 5.10 Å². The number of amides is 1. The summed E-state index contributed by atoms with van der Waals surface area (Å²) in [5, 5.41) is 12.4. The highest BCUT2D eigenvalue weighted by molar-refractivity contribution is 6.33. The molecule has 4 aromatic rings. The average Bonchev–Trinajstić information content (AvgIpc) is 3.40. The first-order valence-corrected chi connectivity index (χ1v) is 16.1. The molecule has 6 rings (SSSR count). The molecule has 1 aliphatic carbocycles. The zero-order valence-electron chi connectivity index (χ0n) is 27.1. The first kappa shape index (κ1) is 33.3. The van der Waals surface area contributed by atoms with Gasteiger partial charge in [-0.1, -0.05) is 67.9 Å². The summed E-state index contributed by atoms with van der Waals surface area (Å²) in [6, 6.07) is 11.4. The highest BCUT2D eigenvalue weighted by Gasteiger charge is 2.53. The van der Waals surface area contributed by atoms with E-state index < -0.39 is 18.1 Å². The minimum Gasteiger partial charge on any atom is -0.463 e. The molecule has 1 fully saturated rings. The van der Waals surface area contributed by atoms with Crippen molar-refractivity contribution in [3.63, 3.8) is 0 Å². The predicted octanol–water partition coefficient (Wildman–Crippen LogP) is 6.27. The number of hydrogen-bond acceptors (Lipinski definition) is 8. The molecule has 0 spiro atoms. The van der Waals surface area contributed by atoms with Crippen LogP contribution in [-0.2, 0) is 26.9 Å². The smallest absolute Gasteiger partial charge is 0.333 e. The number of hydrogen-bond donors (Lipinski definition) is 1. The molecule has 14 heteroatoms. The third kappa shape index (κ3) is 6.82. The number of benzene rings is 2. The molecule has 2 aromatic heterocycles. The number of nitrogens with two attached hydrogens (primary N) is 1. The van der Waals surface area contributed by atoms with Gasteiger partial charge in [0, 0.05) is 30.8 Å². The number of aryl methyl sites for hydroxylation is 1. The number of ether oxygens (including phenoxy) is 1. The molecule has 11 nitrogen and oxygen atoms in total. The molecule has 0 radical (unpaired) electrons. The minimum absolute atomic E-state index is 0.0224. The Morgan fingerprint density at radius 1 is 1.12 bits per heavy atom. The van der Waals surface area contributed by atoms with Crippen molar-refractivity contribution >= 4 is 29.4 Å². The molecule has 48 heavy (non-hydrogen) atoms. The van der Waals surface area contributed by atoms with E-state index in [1.807, 2.05) is 20.8 Å². The lowest BCUT2D eigenvalue weighted by Gasteiger charge is -2.35. The number of carbonyl (C=O) groups is 2. The van der Waals surface area contributed by atoms with Crippen LogP contribution in [0.5, 0.6) is 0 Å². The molecule has 2 aromatic carbocycles. The Kier molecular flexibility index (Phi) is 8.84. The van der Waals surface area contributed by atoms with Crippen LogP contribution in [0.2, 0.25) is 5.02 Å². The molecule has 0 unspecified atom stereocenters. The number of esters is 1. The van der Waals surface area contributed by atoms with Crippen molar-refractivity contribution in [3.05, 3.63) is 77.2 Å². The lowest BCUT2D eigenvalue weighted by atomic mass is 9.75. The Morgan fingerprint density at radius 3 is 2.46 bits per heavy atom. The molecule has 2 atom stereocenters. The maximum atomic E-state index is 14.9. The Labute approximate surface area is 281 Å². The van der Waals surface area contributed by atoms with Crippen molar-refractivity contribution in [2.45, 2.75) is 64.6 Å². The number of aromatic nitrogens is 5. The predicted molar refractivity (Wildman–Crippen MR) is 176 cm³/mol. The number of rotatable bonds is 11. The van der Waals surface area contributed by atoms with Crippen LogP contribution in [0.4, 0.5) is 8.78 Å². The molecular weight excluding hydrogens is 642 g/mol. The maximum Gasteiger partial charge on any atom is 0.333 e. The van der Waals surface area contributed by atoms with E-state index in [9.17, 15) is 18.4 Å². The Balaban J connectivity index is 1.39. The second-order valence-electron chi connectivity index (χ2n) is 13.7. The second kappa shape index (κ2) is 12.8. The van der Waals surface area contributed by atoms with Gasteiger partial charge in [0.2, 0.25) is 0 Å². The minimum atomic E-state index is -2.76. The fourth-order valence-corrected chi connectivity index (χ4v) is 6.35. The van der Waals surface area contributed by atoms with Crippen LogP contribution in [0.25, 0.3) is 22.4 Å². The summed E-state index contributed by atoms with van der Waals surface area (Å²) < 4.78 is 34.2. The fraction of sp³-hybridized carbons (Fsp3) is 0.412. The standard InChI is InChI=1S/C34H37ClF2N8O3/c1-33(2,3)19-34(24-10-7-21(8-11-24)23-15-39-44(16-23)31(36)37)30(47)45(32(38)40-34)28(18-48-29(46)13-20-5-6-20)22-9-12-26(35)25(14-22)27-17-43(4)42-41-27/h7-12,14-17,20,28,31H,5-6,13,18-19H2,1-4H3,(H2,38,40)/t28-,34-/m1/s1. The number of carbonyl (C=O) groups excluding carboxylic acids is 2. The summed E-state index contributed by atoms with van der Waals surface area (Å²) in [5.41, 5.74) is 8.33. The van der Waals surface area contributed by atoms with Gasteiger partial charge in [0.15, 0.2) is 11.5 Å². The van der Waals surface area contributed by atoms with Gasteiger partial charge in [-0.2, -0.15) is 13.9 Å². The van der Waals surface area contributed by atoms with Crippen molar-refractivity contribution in [2.75, 3.05) is 6.61 Å². The highest BCUT2D eigenvalue weighted by atomic mass is 35.5. The van der Waals surface area contributed by atoms with Crippen LogP contribution >= 0.6 is 11.6 Å². The molecule has 0 bridgehead atoms. The summed E-state index contributed by atoms with van der Waals surface area (Å²) in [4.78, 5) is 33.9. The van der Waals surface area contributed by atoms with Crippen LogP contribution < -0.4 is 5.73 Å². The van der Waals surface area contributed by atoms with E-state index >= 15 is 0 Å². The normalized spacial score (nSPS) is 18.8. The summed E-state index contributed by atoms with van der Waals surface area (Å²) in [6.45, 7) is 3.10. The largest absolute Gasteiger partial charge is 0.463 e. The van der Waals surface area contributed by atoms with E-state index in [1.54, 1.807) is 60.4 Å². The van der Waals surface area contributed by atoms with Crippen molar-refractivity contribution in [1.82, 2.24) is 29.7 Å². The number of halogens is 3. The van der Waals surface area contributed by atoms with Crippen LogP contribution in [0.3, 0.4) is 0 Å². The van der Waals surface area contributed by atoms with Gasteiger partial charge >= 0.3 is 12.5 Å². The topological polar surface area (TPSA) is 134 Å². The summed E-state index contributed by atoms with van der Waals surface area (Å²) in [6.07, 6.45) is 6.95. The Hall–Kier alpha value is -4.65. The molecule has 2 N–H and O–H groups in total. The van der Waals surface area contributed by atoms with Crippen LogP contribution in [0, 0.1) is 11.3 Å². The maximum absolute atomic E-state index is 14.9. The summed E-state index contributed by atoms with van der Waals surface area (Å²) in [5.74, 6) is -0.431. The van der Waals surface area contributed by atoms with Crippen LogP contribution in [0.15, 0.2) is 66.0 Å². The zero-order chi connectivity index (χ0) is 34.4. The van der Waals surface area contributed by atoms with Crippen molar-refractivity contribution in [3.8, 4) is 22.4 Å². The number of guanidine groups is 1. The molecule has 3 heterocycles. The van der Waals surface area contributed by atoms with Gasteiger partial charge in [0.05, 0.1) is 23.5 Å². The fourth-order valence-electron chi connectivity index (χ4n) is 6.13. The van der Waals surface area contributed by atoms with E-state index in [0.29, 0.717) is 62.0 Å². The Morgan fingerprint density at radius 2 is 1.85 bits per heavy atom. The van der Waals surface area contributed by atoms with Crippen LogP contribution in [-0.4, -0.2) is 54.1 Å². The molecule has 1 aliphatic heterocycles. The average molecular weight is 679 g/mol. The second-order valence-corrected chi connectivity index (χ2v) is 14.1. The van der Waals surface area contributed by atoms with Crippen molar-refractivity contribution in [1.29, 1.82) is 0 Å². The molecular formula is C34H37ClF2N8O3. The van der Waals surface area contributed by atoms with Gasteiger partial charge in [0.25, 0.3) is 5.91 Å². The third-order valence-electron chi connectivity index (χ3n) is 8.53. The van der Waals surface area contributed by atoms with E-state index in [2.05, 4.69) is 15.4 Å². The van der Waals surface area contributed by atoms with Gasteiger partial charge in [-0.05, 0) is 59.4 Å². The number of aliphatic imine (C=N–C) groups is 1. The monoisotopic (exact) mass is 678 g/mol. The molecule has 0 saturated heterocycles. The van der Waals surface area contributed by atoms with Crippen LogP contribution in [0.1, 0.15) is 70.2 Å². The summed E-state index contributed by atoms with van der Waals surface area (Å²) in [7, 11) is 1.74. The SMILES string of the molecule is Cn1cc(-c2cc([C@@H](COC(=O)CC3CC3)N3C(=O)[C@@](CC(C)(C)C)(c4ccc(-c5cnn(C(F)F)c5)cc4)N=C3N)ccc2Cl)nn1. The molecule has 252 valence electrons. The van der Waals surface area contributed by atoms with Gasteiger partial charge in [-0.3, -0.25) is 19.2 Å². The van der Waals surface area contributed by atoms with Crippen molar-refractivity contribution < 1.29 is 23.1 Å². The quantitative estimate of drug-likeness (QED) is 0.185. The van der Waals surface area contributed by atoms with Gasteiger partial charge < -0.3 is 10.5 Å². The lowest BCUT2D eigenvalue weighted by Crippen LogP contribution is -2.47. The van der Waals surface area contributed by atoms with Gasteiger partial charge in [-0.25, -0.2) is 9.67 Å². The lowest BCUT2D eigenvalue weighted by molar-refractivity contribution is -0.148. The summed E-state index contributed by atoms with van der Waals surface area (Å²) >= 11 is 6.59. The molecule has 1 amide bonds. The highest BCUT2D eigenvalue weighted by Crippen LogP contribution is 2.45. The van der Waals surface area contributed by atoms with Crippen molar-refractivity contribution in [2.24, 2.45) is 29.1 Å². The first-order chi connectivity index (χ1) is 22.7. The molecule has 2 aliphatic rings. The molecule has 1 saturated carbocycles.